The summed E-state index contributed by atoms with van der Waals surface area (Å²) in [4.78, 5) is 85.2. The summed E-state index contributed by atoms with van der Waals surface area (Å²) in [5.74, 6) is -3.12. The number of nitrogens with zero attached hydrogens (tertiary/aromatic N) is 2. The molecule has 0 aromatic carbocycles. The second-order valence-electron chi connectivity index (χ2n) is 14.0. The van der Waals surface area contributed by atoms with Crippen molar-refractivity contribution in [2.75, 3.05) is 13.1 Å². The standard InChI is InChI=1S/C34H50N6O6/c1-5-36-31(44)26(41)20-37-30(43)25-19-23-13-9-10-14-24(23)40(25)33(46)28(34(2,3)4)39-32(45)27(21-11-7-6-8-12-21)38-29(42)22-15-17-35-18-16-22/h15-18,21,23-25,27-28H,5-14,19-20H2,1-4H3,(H,36,44)(H,37,43)(H,38,42)(H,39,45)/t23?,24?,25-,27?,28+/m0/s1. The quantitative estimate of drug-likeness (QED) is 0.270. The molecule has 4 N–H and O–H groups in total. The molecule has 3 aliphatic rings. The Bertz CT molecular complexity index is 1270. The highest BCUT2D eigenvalue weighted by Gasteiger charge is 2.51. The molecule has 46 heavy (non-hydrogen) atoms. The van der Waals surface area contributed by atoms with Gasteiger partial charge in [-0.3, -0.25) is 33.8 Å². The van der Waals surface area contributed by atoms with Gasteiger partial charge >= 0.3 is 0 Å². The Morgan fingerprint density at radius 1 is 0.891 bits per heavy atom. The van der Waals surface area contributed by atoms with E-state index in [0.717, 1.165) is 57.8 Å². The van der Waals surface area contributed by atoms with Crippen LogP contribution < -0.4 is 21.3 Å². The minimum absolute atomic E-state index is 0.0780. The minimum Gasteiger partial charge on any atom is -0.350 e. The molecule has 252 valence electrons. The molecule has 2 saturated carbocycles. The van der Waals surface area contributed by atoms with E-state index in [1.54, 1.807) is 24.0 Å². The van der Waals surface area contributed by atoms with Gasteiger partial charge in [0.15, 0.2) is 0 Å². The summed E-state index contributed by atoms with van der Waals surface area (Å²) < 4.78 is 0. The Balaban J connectivity index is 1.57. The minimum atomic E-state index is -0.975. The Morgan fingerprint density at radius 3 is 2.20 bits per heavy atom. The van der Waals surface area contributed by atoms with Gasteiger partial charge in [-0.2, -0.15) is 0 Å². The van der Waals surface area contributed by atoms with Crippen LogP contribution in [0, 0.1) is 17.3 Å². The molecular weight excluding hydrogens is 588 g/mol. The van der Waals surface area contributed by atoms with Gasteiger partial charge in [0.1, 0.15) is 18.1 Å². The van der Waals surface area contributed by atoms with Crippen LogP contribution in [0.1, 0.15) is 102 Å². The number of rotatable bonds is 11. The van der Waals surface area contributed by atoms with E-state index in [-0.39, 0.29) is 29.7 Å². The van der Waals surface area contributed by atoms with E-state index in [1.807, 2.05) is 20.8 Å². The zero-order valence-corrected chi connectivity index (χ0v) is 27.6. The first-order valence-electron chi connectivity index (χ1n) is 16.8. The number of likely N-dealkylation sites (tertiary alicyclic amines) is 1. The fourth-order valence-corrected chi connectivity index (χ4v) is 7.26. The Kier molecular flexibility index (Phi) is 11.9. The summed E-state index contributed by atoms with van der Waals surface area (Å²) >= 11 is 0. The summed E-state index contributed by atoms with van der Waals surface area (Å²) in [5, 5.41) is 11.0. The molecule has 12 heteroatoms. The number of aromatic nitrogens is 1. The van der Waals surface area contributed by atoms with Crippen molar-refractivity contribution in [2.24, 2.45) is 17.3 Å². The predicted octanol–water partition coefficient (Wildman–Crippen LogP) is 2.27. The molecule has 1 aromatic rings. The second kappa shape index (κ2) is 15.6. The molecule has 5 amide bonds. The number of carbonyl (C=O) groups excluding carboxylic acids is 6. The third kappa shape index (κ3) is 8.50. The van der Waals surface area contributed by atoms with Crippen molar-refractivity contribution in [3.05, 3.63) is 30.1 Å². The van der Waals surface area contributed by atoms with Crippen molar-refractivity contribution in [3.63, 3.8) is 0 Å². The lowest BCUT2D eigenvalue weighted by molar-refractivity contribution is -0.147. The molecule has 1 aliphatic heterocycles. The number of nitrogens with one attached hydrogen (secondary N) is 4. The Hall–Kier alpha value is -3.83. The summed E-state index contributed by atoms with van der Waals surface area (Å²) in [7, 11) is 0. The smallest absolute Gasteiger partial charge is 0.289 e. The highest BCUT2D eigenvalue weighted by Crippen LogP contribution is 2.41. The fourth-order valence-electron chi connectivity index (χ4n) is 7.26. The third-order valence-electron chi connectivity index (χ3n) is 9.69. The van der Waals surface area contributed by atoms with Gasteiger partial charge in [0.2, 0.25) is 23.5 Å². The summed E-state index contributed by atoms with van der Waals surface area (Å²) in [6.45, 7) is 7.14. The number of amides is 5. The summed E-state index contributed by atoms with van der Waals surface area (Å²) in [6, 6.07) is 0.379. The predicted molar refractivity (Wildman–Crippen MR) is 171 cm³/mol. The Labute approximate surface area is 271 Å². The average molecular weight is 639 g/mol. The molecule has 5 atom stereocenters. The molecule has 1 aromatic heterocycles. The van der Waals surface area contributed by atoms with Crippen molar-refractivity contribution in [1.29, 1.82) is 0 Å². The van der Waals surface area contributed by atoms with Gasteiger partial charge in [-0.1, -0.05) is 52.9 Å². The van der Waals surface area contributed by atoms with E-state index in [0.29, 0.717) is 18.5 Å². The maximum absolute atomic E-state index is 14.6. The van der Waals surface area contributed by atoms with E-state index in [9.17, 15) is 28.8 Å². The number of hydrogen-bond donors (Lipinski definition) is 4. The molecule has 3 unspecified atom stereocenters. The van der Waals surface area contributed by atoms with Crippen molar-refractivity contribution in [2.45, 2.75) is 116 Å². The monoisotopic (exact) mass is 638 g/mol. The number of ketones is 1. The van der Waals surface area contributed by atoms with Crippen LogP contribution >= 0.6 is 0 Å². The molecule has 12 nitrogen and oxygen atoms in total. The Morgan fingerprint density at radius 2 is 1.54 bits per heavy atom. The zero-order chi connectivity index (χ0) is 33.4. The van der Waals surface area contributed by atoms with E-state index < -0.39 is 53.6 Å². The second-order valence-corrected chi connectivity index (χ2v) is 14.0. The molecule has 0 spiro atoms. The van der Waals surface area contributed by atoms with Crippen LogP contribution in [-0.4, -0.2) is 82.5 Å². The molecular formula is C34H50N6O6. The van der Waals surface area contributed by atoms with Gasteiger partial charge in [0.05, 0.1) is 6.54 Å². The van der Waals surface area contributed by atoms with Crippen LogP contribution in [-0.2, 0) is 24.0 Å². The number of Topliss-reactive ketones (excluding diaryl/α,β-unsaturated/α-hetero) is 1. The number of pyridine rings is 1. The van der Waals surface area contributed by atoms with E-state index in [4.69, 9.17) is 0 Å². The van der Waals surface area contributed by atoms with Crippen LogP contribution in [0.2, 0.25) is 0 Å². The number of likely N-dealkylation sites (N-methyl/N-ethyl adjacent to an activating group) is 1. The molecule has 3 fully saturated rings. The summed E-state index contributed by atoms with van der Waals surface area (Å²) in [6.07, 6.45) is 11.6. The number of carbonyl (C=O) groups is 6. The first-order valence-corrected chi connectivity index (χ1v) is 16.8. The van der Waals surface area contributed by atoms with Gasteiger partial charge in [0, 0.05) is 30.5 Å². The normalized spacial score (nSPS) is 23.0. The van der Waals surface area contributed by atoms with Crippen LogP contribution in [0.25, 0.3) is 0 Å². The average Bonchev–Trinajstić information content (AvgIpc) is 3.44. The van der Waals surface area contributed by atoms with E-state index >= 15 is 0 Å². The summed E-state index contributed by atoms with van der Waals surface area (Å²) in [5.41, 5.74) is -0.326. The molecule has 0 bridgehead atoms. The maximum Gasteiger partial charge on any atom is 0.289 e. The van der Waals surface area contributed by atoms with Crippen molar-refractivity contribution in [3.8, 4) is 0 Å². The van der Waals surface area contributed by atoms with Crippen LogP contribution in [0.3, 0.4) is 0 Å². The van der Waals surface area contributed by atoms with Crippen molar-refractivity contribution >= 4 is 35.3 Å². The largest absolute Gasteiger partial charge is 0.350 e. The molecule has 4 rings (SSSR count). The maximum atomic E-state index is 14.6. The van der Waals surface area contributed by atoms with Gasteiger partial charge in [-0.25, -0.2) is 0 Å². The molecule has 2 heterocycles. The van der Waals surface area contributed by atoms with E-state index in [1.165, 1.54) is 12.4 Å². The highest BCUT2D eigenvalue weighted by atomic mass is 16.2. The lowest BCUT2D eigenvalue weighted by Gasteiger charge is -2.40. The van der Waals surface area contributed by atoms with Crippen LogP contribution in [0.15, 0.2) is 24.5 Å². The molecule has 0 radical (unpaired) electrons. The lowest BCUT2D eigenvalue weighted by Crippen LogP contribution is -2.62. The van der Waals surface area contributed by atoms with Crippen LogP contribution in [0.5, 0.6) is 0 Å². The van der Waals surface area contributed by atoms with Gasteiger partial charge in [0.25, 0.3) is 11.8 Å². The van der Waals surface area contributed by atoms with Crippen molar-refractivity contribution in [1.82, 2.24) is 31.2 Å². The van der Waals surface area contributed by atoms with E-state index in [2.05, 4.69) is 26.3 Å². The number of fused-ring (bicyclic) bond motifs is 1. The third-order valence-corrected chi connectivity index (χ3v) is 9.69. The SMILES string of the molecule is CCNC(=O)C(=O)CNC(=O)[C@@H]1CC2CCCCC2N1C(=O)[C@@H](NC(=O)C(NC(=O)c1ccncc1)C1CCCCC1)C(C)(C)C. The number of hydrogen-bond acceptors (Lipinski definition) is 7. The lowest BCUT2D eigenvalue weighted by atomic mass is 9.81. The van der Waals surface area contributed by atoms with Gasteiger partial charge < -0.3 is 26.2 Å². The molecule has 1 saturated heterocycles. The topological polar surface area (TPSA) is 167 Å². The first-order chi connectivity index (χ1) is 21.9. The van der Waals surface area contributed by atoms with Crippen molar-refractivity contribution < 1.29 is 28.8 Å². The van der Waals surface area contributed by atoms with Gasteiger partial charge in [-0.15, -0.1) is 0 Å². The van der Waals surface area contributed by atoms with Crippen LogP contribution in [0.4, 0.5) is 0 Å². The first kappa shape index (κ1) is 35.0. The highest BCUT2D eigenvalue weighted by molar-refractivity contribution is 6.37. The fraction of sp³-hybridized carbons (Fsp3) is 0.676. The molecule has 2 aliphatic carbocycles. The van der Waals surface area contributed by atoms with Gasteiger partial charge in [-0.05, 0) is 68.4 Å². The zero-order valence-electron chi connectivity index (χ0n) is 27.6.